The van der Waals surface area contributed by atoms with Gasteiger partial charge in [0.15, 0.2) is 0 Å². The molecule has 3 nitrogen and oxygen atoms in total. The van der Waals surface area contributed by atoms with Crippen molar-refractivity contribution in [2.24, 2.45) is 23.5 Å². The van der Waals surface area contributed by atoms with Crippen LogP contribution in [0.3, 0.4) is 0 Å². The number of rotatable bonds is 3. The van der Waals surface area contributed by atoms with E-state index in [9.17, 15) is 0 Å². The van der Waals surface area contributed by atoms with Crippen molar-refractivity contribution in [3.63, 3.8) is 0 Å². The Labute approximate surface area is 123 Å². The van der Waals surface area contributed by atoms with E-state index >= 15 is 0 Å². The Hall–Kier alpha value is -0.120. The highest BCUT2D eigenvalue weighted by Crippen LogP contribution is 2.48. The Morgan fingerprint density at radius 2 is 1.75 bits per heavy atom. The summed E-state index contributed by atoms with van der Waals surface area (Å²) >= 11 is 0. The molecule has 0 aromatic rings. The Morgan fingerprint density at radius 1 is 0.900 bits per heavy atom. The van der Waals surface area contributed by atoms with E-state index in [1.807, 2.05) is 0 Å². The van der Waals surface area contributed by atoms with Gasteiger partial charge in [-0.3, -0.25) is 4.90 Å². The van der Waals surface area contributed by atoms with Gasteiger partial charge in [-0.1, -0.05) is 6.42 Å². The van der Waals surface area contributed by atoms with Crippen molar-refractivity contribution in [1.29, 1.82) is 0 Å². The van der Waals surface area contributed by atoms with Crippen LogP contribution in [0, 0.1) is 17.8 Å². The highest BCUT2D eigenvalue weighted by Gasteiger charge is 2.41. The quantitative estimate of drug-likeness (QED) is 0.855. The third-order valence-corrected chi connectivity index (χ3v) is 6.72. The molecule has 2 aliphatic carbocycles. The zero-order chi connectivity index (χ0) is 13.5. The van der Waals surface area contributed by atoms with Crippen LogP contribution in [0.4, 0.5) is 0 Å². The van der Waals surface area contributed by atoms with Gasteiger partial charge in [0.1, 0.15) is 0 Å². The van der Waals surface area contributed by atoms with Crippen LogP contribution in [0.5, 0.6) is 0 Å². The lowest BCUT2D eigenvalue weighted by molar-refractivity contribution is 0.145. The number of fused-ring (bicyclic) bond motifs is 2. The lowest BCUT2D eigenvalue weighted by Crippen LogP contribution is -2.46. The third kappa shape index (κ3) is 2.65. The maximum atomic E-state index is 6.03. The molecule has 4 fully saturated rings. The number of nitrogens with zero attached hydrogens (tertiary/aromatic N) is 2. The van der Waals surface area contributed by atoms with Gasteiger partial charge in [-0.05, 0) is 75.9 Å². The van der Waals surface area contributed by atoms with Crippen LogP contribution in [-0.2, 0) is 0 Å². The van der Waals surface area contributed by atoms with Crippen molar-refractivity contribution < 1.29 is 0 Å². The number of nitrogens with two attached hydrogens (primary N) is 1. The first-order valence-electron chi connectivity index (χ1n) is 9.00. The summed E-state index contributed by atoms with van der Waals surface area (Å²) in [6.45, 7) is 6.58. The molecule has 4 aliphatic rings. The normalized spacial score (nSPS) is 43.6. The van der Waals surface area contributed by atoms with Gasteiger partial charge in [0.2, 0.25) is 0 Å². The lowest BCUT2D eigenvalue weighted by atomic mass is 9.88. The second-order valence-corrected chi connectivity index (χ2v) is 8.01. The van der Waals surface area contributed by atoms with Gasteiger partial charge in [-0.15, -0.1) is 0 Å². The van der Waals surface area contributed by atoms with E-state index in [4.69, 9.17) is 5.73 Å². The topological polar surface area (TPSA) is 32.5 Å². The molecule has 0 aromatic heterocycles. The van der Waals surface area contributed by atoms with Crippen molar-refractivity contribution in [3.8, 4) is 0 Å². The lowest BCUT2D eigenvalue weighted by Gasteiger charge is -2.35. The Kier molecular flexibility index (Phi) is 3.78. The minimum absolute atomic E-state index is 0.470. The highest BCUT2D eigenvalue weighted by atomic mass is 15.3. The molecule has 0 radical (unpaired) electrons. The second-order valence-electron chi connectivity index (χ2n) is 8.01. The summed E-state index contributed by atoms with van der Waals surface area (Å²) in [6.07, 6.45) is 10.0. The van der Waals surface area contributed by atoms with E-state index in [2.05, 4.69) is 9.80 Å². The summed E-state index contributed by atoms with van der Waals surface area (Å²) in [5, 5.41) is 0. The Balaban J connectivity index is 1.26. The molecule has 2 heterocycles. The van der Waals surface area contributed by atoms with Gasteiger partial charge in [0.05, 0.1) is 0 Å². The molecule has 2 aliphatic heterocycles. The fourth-order valence-electron chi connectivity index (χ4n) is 5.49. The van der Waals surface area contributed by atoms with E-state index in [-0.39, 0.29) is 0 Å². The van der Waals surface area contributed by atoms with Crippen LogP contribution >= 0.6 is 0 Å². The van der Waals surface area contributed by atoms with Gasteiger partial charge in [-0.25, -0.2) is 0 Å². The summed E-state index contributed by atoms with van der Waals surface area (Å²) < 4.78 is 0. The predicted molar refractivity (Wildman–Crippen MR) is 82.6 cm³/mol. The molecule has 4 unspecified atom stereocenters. The summed E-state index contributed by atoms with van der Waals surface area (Å²) in [5.41, 5.74) is 6.03. The van der Waals surface area contributed by atoms with E-state index in [1.54, 1.807) is 12.8 Å². The summed E-state index contributed by atoms with van der Waals surface area (Å²) in [7, 11) is 0. The molecule has 114 valence electrons. The molecule has 4 rings (SSSR count). The van der Waals surface area contributed by atoms with Crippen LogP contribution < -0.4 is 5.73 Å². The standard InChI is InChI=1S/C17H31N3/c18-16-3-7-20(8-4-16)17-5-6-19(12-17)11-15-10-13-1-2-14(15)9-13/h13-17H,1-12,18H2. The van der Waals surface area contributed by atoms with E-state index in [0.29, 0.717) is 6.04 Å². The van der Waals surface area contributed by atoms with Crippen molar-refractivity contribution >= 4 is 0 Å². The number of hydrogen-bond donors (Lipinski definition) is 1. The molecule has 20 heavy (non-hydrogen) atoms. The van der Waals surface area contributed by atoms with Crippen molar-refractivity contribution in [2.75, 3.05) is 32.7 Å². The maximum Gasteiger partial charge on any atom is 0.0235 e. The average Bonchev–Trinajstić information content (AvgIpc) is 3.16. The molecule has 0 aromatic carbocycles. The predicted octanol–water partition coefficient (Wildman–Crippen LogP) is 1.92. The van der Waals surface area contributed by atoms with Gasteiger partial charge in [-0.2, -0.15) is 0 Å². The van der Waals surface area contributed by atoms with E-state index in [0.717, 1.165) is 23.8 Å². The van der Waals surface area contributed by atoms with Gasteiger partial charge < -0.3 is 10.6 Å². The van der Waals surface area contributed by atoms with Crippen LogP contribution in [0.25, 0.3) is 0 Å². The molecular weight excluding hydrogens is 246 g/mol. The molecule has 2 saturated carbocycles. The van der Waals surface area contributed by atoms with Gasteiger partial charge in [0.25, 0.3) is 0 Å². The monoisotopic (exact) mass is 277 g/mol. The molecule has 2 N–H and O–H groups in total. The molecule has 0 spiro atoms. The minimum Gasteiger partial charge on any atom is -0.328 e. The molecule has 2 bridgehead atoms. The number of piperidine rings is 1. The van der Waals surface area contributed by atoms with Crippen LogP contribution in [0.1, 0.15) is 44.9 Å². The first-order chi connectivity index (χ1) is 9.78. The fraction of sp³-hybridized carbons (Fsp3) is 1.00. The van der Waals surface area contributed by atoms with E-state index < -0.39 is 0 Å². The van der Waals surface area contributed by atoms with Gasteiger partial charge in [0, 0.05) is 25.2 Å². The molecule has 3 heteroatoms. The van der Waals surface area contributed by atoms with Crippen molar-refractivity contribution in [3.05, 3.63) is 0 Å². The minimum atomic E-state index is 0.470. The Bertz CT molecular complexity index is 337. The van der Waals surface area contributed by atoms with E-state index in [1.165, 1.54) is 64.8 Å². The highest BCUT2D eigenvalue weighted by molar-refractivity contribution is 4.93. The number of hydrogen-bond acceptors (Lipinski definition) is 3. The Morgan fingerprint density at radius 3 is 2.45 bits per heavy atom. The summed E-state index contributed by atoms with van der Waals surface area (Å²) in [4.78, 5) is 5.51. The van der Waals surface area contributed by atoms with Crippen molar-refractivity contribution in [1.82, 2.24) is 9.80 Å². The van der Waals surface area contributed by atoms with Crippen LogP contribution in [-0.4, -0.2) is 54.6 Å². The van der Waals surface area contributed by atoms with Crippen LogP contribution in [0.15, 0.2) is 0 Å². The first kappa shape index (κ1) is 13.5. The zero-order valence-electron chi connectivity index (χ0n) is 12.8. The largest absolute Gasteiger partial charge is 0.328 e. The summed E-state index contributed by atoms with van der Waals surface area (Å²) in [5.74, 6) is 3.24. The summed E-state index contributed by atoms with van der Waals surface area (Å²) in [6, 6.07) is 1.30. The zero-order valence-corrected chi connectivity index (χ0v) is 12.8. The van der Waals surface area contributed by atoms with Gasteiger partial charge >= 0.3 is 0 Å². The molecular formula is C17H31N3. The maximum absolute atomic E-state index is 6.03. The van der Waals surface area contributed by atoms with Crippen LogP contribution in [0.2, 0.25) is 0 Å². The smallest absolute Gasteiger partial charge is 0.0235 e. The SMILES string of the molecule is NC1CCN(C2CCN(CC3CC4CCC3C4)C2)CC1. The molecule has 2 saturated heterocycles. The molecule has 0 amide bonds. The first-order valence-corrected chi connectivity index (χ1v) is 9.00. The average molecular weight is 277 g/mol. The molecule has 4 atom stereocenters. The fourth-order valence-corrected chi connectivity index (χ4v) is 5.49. The van der Waals surface area contributed by atoms with Crippen molar-refractivity contribution in [2.45, 2.75) is 57.0 Å². The second kappa shape index (κ2) is 5.58. The number of likely N-dealkylation sites (tertiary alicyclic amines) is 2. The third-order valence-electron chi connectivity index (χ3n) is 6.72.